The first-order chi connectivity index (χ1) is 24.7. The summed E-state index contributed by atoms with van der Waals surface area (Å²) in [6, 6.07) is 15.2. The molecular weight excluding hydrogens is 676 g/mol. The molecule has 0 aliphatic carbocycles. The molecule has 1 atom stereocenters. The molecule has 1 N–H and O–H groups in total. The number of nitrogens with zero attached hydrogens (tertiary/aromatic N) is 5. The van der Waals surface area contributed by atoms with Gasteiger partial charge in [-0.3, -0.25) is 9.59 Å². The van der Waals surface area contributed by atoms with Gasteiger partial charge in [-0.25, -0.2) is 18.4 Å². The van der Waals surface area contributed by atoms with Crippen LogP contribution in [0.25, 0.3) is 11.1 Å². The summed E-state index contributed by atoms with van der Waals surface area (Å²) >= 11 is 0. The second kappa shape index (κ2) is 15.1. The van der Waals surface area contributed by atoms with E-state index in [0.29, 0.717) is 60.7 Å². The van der Waals surface area contributed by atoms with E-state index >= 15 is 0 Å². The fourth-order valence-electron chi connectivity index (χ4n) is 6.63. The molecule has 3 heterocycles. The lowest BCUT2D eigenvalue weighted by Gasteiger charge is -2.36. The van der Waals surface area contributed by atoms with Crippen molar-refractivity contribution >= 4 is 29.7 Å². The SMILES string of the molecule is CC(C)(C)OC(=O)N1CCC(Oc2ccc(C(=O)N3CCN(C(=O)c4cc(F)cc(N5CCN(C(=O)O)CC5)c4)CC3)cc2-c2ccc(F)cc2)C1. The van der Waals surface area contributed by atoms with Crippen LogP contribution in [0.3, 0.4) is 0 Å². The van der Waals surface area contributed by atoms with Gasteiger partial charge < -0.3 is 39.1 Å². The Hall–Kier alpha value is -5.40. The van der Waals surface area contributed by atoms with Crippen molar-refractivity contribution in [2.75, 3.05) is 70.3 Å². The lowest BCUT2D eigenvalue weighted by molar-refractivity contribution is 0.0275. The monoisotopic (exact) mass is 719 g/mol. The zero-order chi connectivity index (χ0) is 37.2. The molecule has 3 aliphatic heterocycles. The average Bonchev–Trinajstić information content (AvgIpc) is 3.59. The van der Waals surface area contributed by atoms with Gasteiger partial charge in [-0.2, -0.15) is 0 Å². The van der Waals surface area contributed by atoms with Crippen LogP contribution in [0.1, 0.15) is 47.9 Å². The molecule has 3 aliphatic rings. The van der Waals surface area contributed by atoms with Crippen molar-refractivity contribution in [2.45, 2.75) is 38.9 Å². The second-order valence-corrected chi connectivity index (χ2v) is 14.2. The number of amides is 4. The first-order valence-corrected chi connectivity index (χ1v) is 17.4. The number of benzene rings is 3. The minimum Gasteiger partial charge on any atom is -0.488 e. The van der Waals surface area contributed by atoms with Gasteiger partial charge >= 0.3 is 12.2 Å². The van der Waals surface area contributed by atoms with Crippen LogP contribution in [0.2, 0.25) is 0 Å². The summed E-state index contributed by atoms with van der Waals surface area (Å²) in [5.74, 6) is -1.06. The van der Waals surface area contributed by atoms with Gasteiger partial charge in [0.25, 0.3) is 11.8 Å². The third-order valence-corrected chi connectivity index (χ3v) is 9.37. The lowest BCUT2D eigenvalue weighted by atomic mass is 10.0. The molecule has 52 heavy (non-hydrogen) atoms. The van der Waals surface area contributed by atoms with Crippen LogP contribution >= 0.6 is 0 Å². The predicted molar refractivity (Wildman–Crippen MR) is 189 cm³/mol. The van der Waals surface area contributed by atoms with E-state index in [1.54, 1.807) is 51.1 Å². The normalized spacial score (nSPS) is 18.0. The van der Waals surface area contributed by atoms with Crippen LogP contribution in [0.5, 0.6) is 5.75 Å². The Balaban J connectivity index is 1.11. The number of piperazine rings is 2. The summed E-state index contributed by atoms with van der Waals surface area (Å²) in [4.78, 5) is 59.1. The van der Waals surface area contributed by atoms with Crippen LogP contribution in [0.15, 0.2) is 60.7 Å². The van der Waals surface area contributed by atoms with E-state index in [2.05, 4.69) is 0 Å². The summed E-state index contributed by atoms with van der Waals surface area (Å²) < 4.78 is 40.4. The Morgan fingerprint density at radius 3 is 1.92 bits per heavy atom. The number of carbonyl (C=O) groups is 4. The Labute approximate surface area is 301 Å². The number of ether oxygens (including phenoxy) is 2. The first kappa shape index (κ1) is 36.4. The molecule has 0 bridgehead atoms. The third kappa shape index (κ3) is 8.55. The van der Waals surface area contributed by atoms with Crippen LogP contribution in [0, 0.1) is 11.6 Å². The van der Waals surface area contributed by atoms with Crippen molar-refractivity contribution in [1.29, 1.82) is 0 Å². The molecule has 1 unspecified atom stereocenters. The van der Waals surface area contributed by atoms with Crippen LogP contribution < -0.4 is 9.64 Å². The number of carbonyl (C=O) groups excluding carboxylic acids is 3. The standard InChI is InChI=1S/C38H43F2N5O7/c1-38(2,3)52-37(50)45-11-10-31(24-45)51-33-9-6-26(22-32(33)25-4-7-28(39)8-5-25)34(46)42-14-16-43(17-15-42)35(47)27-20-29(40)23-30(21-27)41-12-18-44(19-13-41)36(48)49/h4-9,20-23,31H,10-19,24H2,1-3H3,(H,48,49). The smallest absolute Gasteiger partial charge is 0.410 e. The molecule has 12 nitrogen and oxygen atoms in total. The number of carboxylic acid groups (broad SMARTS) is 1. The highest BCUT2D eigenvalue weighted by atomic mass is 19.1. The highest BCUT2D eigenvalue weighted by Crippen LogP contribution is 2.34. The Kier molecular flexibility index (Phi) is 10.5. The summed E-state index contributed by atoms with van der Waals surface area (Å²) in [6.07, 6.45) is -1.13. The average molecular weight is 720 g/mol. The molecule has 4 amide bonds. The third-order valence-electron chi connectivity index (χ3n) is 9.37. The molecule has 0 radical (unpaired) electrons. The number of rotatable bonds is 6. The van der Waals surface area contributed by atoms with Crippen molar-refractivity contribution in [2.24, 2.45) is 0 Å². The van der Waals surface area contributed by atoms with Crippen LogP contribution in [-0.2, 0) is 4.74 Å². The van der Waals surface area contributed by atoms with Crippen molar-refractivity contribution in [3.63, 3.8) is 0 Å². The van der Waals surface area contributed by atoms with E-state index in [4.69, 9.17) is 9.47 Å². The van der Waals surface area contributed by atoms with Crippen LogP contribution in [0.4, 0.5) is 24.1 Å². The molecule has 3 aromatic rings. The van der Waals surface area contributed by atoms with Crippen molar-refractivity contribution in [3.8, 4) is 16.9 Å². The molecule has 3 fully saturated rings. The van der Waals surface area contributed by atoms with Crippen molar-refractivity contribution in [3.05, 3.63) is 83.4 Å². The molecule has 6 rings (SSSR count). The zero-order valence-corrected chi connectivity index (χ0v) is 29.5. The summed E-state index contributed by atoms with van der Waals surface area (Å²) in [6.45, 7) is 8.58. The summed E-state index contributed by atoms with van der Waals surface area (Å²) in [5.41, 5.74) is 1.73. The maximum atomic E-state index is 14.7. The fraction of sp³-hybridized carbons (Fsp3) is 0.421. The molecule has 14 heteroatoms. The number of hydrogen-bond donors (Lipinski definition) is 1. The van der Waals surface area contributed by atoms with E-state index < -0.39 is 29.4 Å². The van der Waals surface area contributed by atoms with Gasteiger partial charge in [-0.05, 0) is 74.9 Å². The lowest BCUT2D eigenvalue weighted by Crippen LogP contribution is -2.50. The highest BCUT2D eigenvalue weighted by Gasteiger charge is 2.32. The maximum Gasteiger partial charge on any atom is 0.410 e. The van der Waals surface area contributed by atoms with E-state index in [1.165, 1.54) is 29.2 Å². The molecular formula is C38H43F2N5O7. The Bertz CT molecular complexity index is 1820. The fourth-order valence-corrected chi connectivity index (χ4v) is 6.63. The number of halogens is 2. The van der Waals surface area contributed by atoms with Gasteiger partial charge in [-0.1, -0.05) is 12.1 Å². The van der Waals surface area contributed by atoms with E-state index in [0.717, 1.165) is 0 Å². The van der Waals surface area contributed by atoms with Crippen molar-refractivity contribution in [1.82, 2.24) is 19.6 Å². The molecule has 0 saturated carbocycles. The zero-order valence-electron chi connectivity index (χ0n) is 29.5. The van der Waals surface area contributed by atoms with Gasteiger partial charge in [0.05, 0.1) is 6.54 Å². The second-order valence-electron chi connectivity index (χ2n) is 14.2. The van der Waals surface area contributed by atoms with Gasteiger partial charge in [-0.15, -0.1) is 0 Å². The first-order valence-electron chi connectivity index (χ1n) is 17.4. The quantitative estimate of drug-likeness (QED) is 0.359. The highest BCUT2D eigenvalue weighted by molar-refractivity contribution is 5.97. The Morgan fingerprint density at radius 2 is 1.31 bits per heavy atom. The molecule has 3 aromatic carbocycles. The number of likely N-dealkylation sites (tertiary alicyclic amines) is 1. The van der Waals surface area contributed by atoms with Gasteiger partial charge in [0, 0.05) is 87.7 Å². The van der Waals surface area contributed by atoms with E-state index in [9.17, 15) is 33.1 Å². The van der Waals surface area contributed by atoms with Crippen LogP contribution in [-0.4, -0.2) is 126 Å². The van der Waals surface area contributed by atoms with E-state index in [1.807, 2.05) is 25.7 Å². The predicted octanol–water partition coefficient (Wildman–Crippen LogP) is 5.42. The number of anilines is 1. The van der Waals surface area contributed by atoms with Crippen molar-refractivity contribution < 1.29 is 42.5 Å². The number of hydrogen-bond acceptors (Lipinski definition) is 7. The summed E-state index contributed by atoms with van der Waals surface area (Å²) in [7, 11) is 0. The maximum absolute atomic E-state index is 14.7. The van der Waals surface area contributed by atoms with Gasteiger partial charge in [0.2, 0.25) is 0 Å². The largest absolute Gasteiger partial charge is 0.488 e. The Morgan fingerprint density at radius 1 is 0.692 bits per heavy atom. The molecule has 276 valence electrons. The minimum atomic E-state index is -0.999. The summed E-state index contributed by atoms with van der Waals surface area (Å²) in [5, 5.41) is 9.23. The van der Waals surface area contributed by atoms with Gasteiger partial charge in [0.15, 0.2) is 0 Å². The molecule has 0 aromatic heterocycles. The minimum absolute atomic E-state index is 0.187. The van der Waals surface area contributed by atoms with Gasteiger partial charge in [0.1, 0.15) is 29.1 Å². The topological polar surface area (TPSA) is 123 Å². The molecule has 3 saturated heterocycles. The van der Waals surface area contributed by atoms with E-state index in [-0.39, 0.29) is 62.8 Å². The molecule has 0 spiro atoms.